The number of esters is 2. The summed E-state index contributed by atoms with van der Waals surface area (Å²) in [6.45, 7) is -0.137. The average molecular weight is 458 g/mol. The molecule has 3 aromatic rings. The zero-order valence-electron chi connectivity index (χ0n) is 17.5. The molecule has 1 aliphatic heterocycles. The molecule has 0 unspecified atom stereocenters. The number of aromatic nitrogens is 2. The lowest BCUT2D eigenvalue weighted by Crippen LogP contribution is -2.64. The van der Waals surface area contributed by atoms with Crippen LogP contribution >= 0.6 is 0 Å². The number of hydrogen-bond acceptors (Lipinski definition) is 10. The predicted molar refractivity (Wildman–Crippen MR) is 112 cm³/mol. The number of aliphatic hydroxyl groups is 3. The topological polar surface area (TPSA) is 160 Å². The van der Waals surface area contributed by atoms with Gasteiger partial charge in [-0.05, 0) is 36.4 Å². The van der Waals surface area contributed by atoms with Crippen molar-refractivity contribution in [1.29, 1.82) is 0 Å². The first kappa shape index (κ1) is 22.7. The van der Waals surface area contributed by atoms with Gasteiger partial charge < -0.3 is 39.3 Å². The van der Waals surface area contributed by atoms with Crippen molar-refractivity contribution >= 4 is 23.0 Å². The average Bonchev–Trinajstić information content (AvgIpc) is 3.23. The number of carbonyl (C=O) groups excluding carboxylic acids is 2. The summed E-state index contributed by atoms with van der Waals surface area (Å²) in [6.07, 6.45) is -5.02. The second kappa shape index (κ2) is 9.16. The van der Waals surface area contributed by atoms with E-state index in [-0.39, 0.29) is 0 Å². The van der Waals surface area contributed by atoms with Gasteiger partial charge >= 0.3 is 17.9 Å². The fraction of sp³-hybridized carbons (Fsp3) is 0.318. The highest BCUT2D eigenvalue weighted by atomic mass is 16.9. The lowest BCUT2D eigenvalue weighted by atomic mass is 10.0. The minimum Gasteiger partial charge on any atom is -0.482 e. The molecule has 1 saturated heterocycles. The van der Waals surface area contributed by atoms with Crippen LogP contribution in [0.5, 0.6) is 5.75 Å². The predicted octanol–water partition coefficient (Wildman–Crippen LogP) is 0.482. The van der Waals surface area contributed by atoms with Crippen molar-refractivity contribution in [1.82, 2.24) is 9.97 Å². The number of para-hydroxylation sites is 2. The smallest absolute Gasteiger partial charge is 0.369 e. The van der Waals surface area contributed by atoms with Crippen LogP contribution in [0.15, 0.2) is 48.5 Å². The lowest BCUT2D eigenvalue weighted by Gasteiger charge is -2.41. The molecule has 4 rings (SSSR count). The van der Waals surface area contributed by atoms with Gasteiger partial charge in [0.2, 0.25) is 6.10 Å². The number of nitrogens with zero attached hydrogens (tertiary/aromatic N) is 1. The molecule has 1 aliphatic rings. The van der Waals surface area contributed by atoms with Gasteiger partial charge in [0.25, 0.3) is 0 Å². The molecule has 2 heterocycles. The summed E-state index contributed by atoms with van der Waals surface area (Å²) in [6, 6.07) is 14.4. The highest BCUT2D eigenvalue weighted by molar-refractivity contribution is 5.79. The number of nitrogens with one attached hydrogen (secondary N) is 1. The second-order valence-electron chi connectivity index (χ2n) is 7.42. The Morgan fingerprint density at radius 3 is 2.61 bits per heavy atom. The van der Waals surface area contributed by atoms with E-state index in [4.69, 9.17) is 18.9 Å². The van der Waals surface area contributed by atoms with E-state index in [1.165, 1.54) is 0 Å². The van der Waals surface area contributed by atoms with Crippen LogP contribution in [-0.4, -0.2) is 74.7 Å². The van der Waals surface area contributed by atoms with E-state index in [9.17, 15) is 24.9 Å². The molecule has 0 radical (unpaired) electrons. The Morgan fingerprint density at radius 2 is 1.91 bits per heavy atom. The summed E-state index contributed by atoms with van der Waals surface area (Å²) >= 11 is 0. The summed E-state index contributed by atoms with van der Waals surface area (Å²) in [7, 11) is 0. The molecule has 11 heteroatoms. The Balaban J connectivity index is 1.37. The number of aliphatic hydroxyl groups excluding tert-OH is 2. The quantitative estimate of drug-likeness (QED) is 0.302. The van der Waals surface area contributed by atoms with Crippen LogP contribution < -0.4 is 4.74 Å². The number of hydrogen-bond donors (Lipinski definition) is 4. The molecular weight excluding hydrogens is 436 g/mol. The SMILES string of the molecule is CC(=O)O[C@@H]1[C@@H](O)[C@H](O)CO[C@]1(O)OC(=O)COc1ccc(-c2nc3ccccc3[nH]2)cc1. The van der Waals surface area contributed by atoms with Crippen LogP contribution in [0.2, 0.25) is 0 Å². The van der Waals surface area contributed by atoms with E-state index >= 15 is 0 Å². The van der Waals surface area contributed by atoms with E-state index in [0.717, 1.165) is 23.5 Å². The Bertz CT molecular complexity index is 1110. The molecule has 33 heavy (non-hydrogen) atoms. The van der Waals surface area contributed by atoms with Gasteiger partial charge in [-0.25, -0.2) is 9.78 Å². The molecule has 0 saturated carbocycles. The van der Waals surface area contributed by atoms with Crippen molar-refractivity contribution in [3.05, 3.63) is 48.5 Å². The molecule has 0 spiro atoms. The minimum atomic E-state index is -2.78. The summed E-state index contributed by atoms with van der Waals surface area (Å²) in [4.78, 5) is 31.2. The normalized spacial score (nSPS) is 24.9. The second-order valence-corrected chi connectivity index (χ2v) is 7.42. The Morgan fingerprint density at radius 1 is 1.18 bits per heavy atom. The number of rotatable bonds is 6. The van der Waals surface area contributed by atoms with Crippen LogP contribution in [-0.2, 0) is 23.8 Å². The first-order chi connectivity index (χ1) is 15.7. The van der Waals surface area contributed by atoms with Crippen molar-refractivity contribution in [3.8, 4) is 17.1 Å². The summed E-state index contributed by atoms with van der Waals surface area (Å²) in [5, 5.41) is 30.2. The Labute approximate surface area is 187 Å². The standard InChI is InChI=1S/C22H22N2O9/c1-12(25)32-20-19(28)17(26)10-31-22(20,29)33-18(27)11-30-14-8-6-13(7-9-14)21-23-15-4-2-3-5-16(15)24-21/h2-9,17,19-20,26,28-29H,10-11H2,1H3,(H,23,24)/t17-,19+,20-,22+/m1/s1. The summed E-state index contributed by atoms with van der Waals surface area (Å²) < 4.78 is 20.0. The fourth-order valence-corrected chi connectivity index (χ4v) is 3.35. The van der Waals surface area contributed by atoms with Crippen LogP contribution in [0.4, 0.5) is 0 Å². The maximum Gasteiger partial charge on any atom is 0.369 e. The molecular formula is C22H22N2O9. The first-order valence-electron chi connectivity index (χ1n) is 10.0. The number of fused-ring (bicyclic) bond motifs is 1. The van der Waals surface area contributed by atoms with Crippen LogP contribution in [0, 0.1) is 0 Å². The Hall–Kier alpha value is -3.51. The number of benzene rings is 2. The van der Waals surface area contributed by atoms with Crippen molar-refractivity contribution < 1.29 is 43.9 Å². The van der Waals surface area contributed by atoms with Crippen molar-refractivity contribution in [2.45, 2.75) is 31.2 Å². The fourth-order valence-electron chi connectivity index (χ4n) is 3.35. The van der Waals surface area contributed by atoms with Crippen LogP contribution in [0.3, 0.4) is 0 Å². The molecule has 0 amide bonds. The van der Waals surface area contributed by atoms with Gasteiger partial charge in [0.1, 0.15) is 23.8 Å². The molecule has 4 atom stereocenters. The van der Waals surface area contributed by atoms with Gasteiger partial charge in [0.05, 0.1) is 17.6 Å². The molecule has 174 valence electrons. The van der Waals surface area contributed by atoms with Crippen molar-refractivity contribution in [2.75, 3.05) is 13.2 Å². The van der Waals surface area contributed by atoms with E-state index in [1.807, 2.05) is 24.3 Å². The third-order valence-electron chi connectivity index (χ3n) is 4.95. The van der Waals surface area contributed by atoms with Gasteiger partial charge in [-0.1, -0.05) is 12.1 Å². The molecule has 1 aromatic heterocycles. The van der Waals surface area contributed by atoms with Gasteiger partial charge in [-0.3, -0.25) is 4.79 Å². The van der Waals surface area contributed by atoms with Crippen molar-refractivity contribution in [3.63, 3.8) is 0 Å². The number of imidazole rings is 1. The molecule has 1 fully saturated rings. The number of carbonyl (C=O) groups is 2. The molecule has 0 bridgehead atoms. The first-order valence-corrected chi connectivity index (χ1v) is 10.0. The monoisotopic (exact) mass is 458 g/mol. The van der Waals surface area contributed by atoms with Gasteiger partial charge in [0.15, 0.2) is 6.61 Å². The largest absolute Gasteiger partial charge is 0.482 e. The van der Waals surface area contributed by atoms with Gasteiger partial charge in [-0.15, -0.1) is 0 Å². The molecule has 0 aliphatic carbocycles. The van der Waals surface area contributed by atoms with E-state index in [1.54, 1.807) is 24.3 Å². The highest BCUT2D eigenvalue weighted by Gasteiger charge is 2.55. The summed E-state index contributed by atoms with van der Waals surface area (Å²) in [5.74, 6) is -3.70. The zero-order chi connectivity index (χ0) is 23.6. The van der Waals surface area contributed by atoms with Crippen molar-refractivity contribution in [2.24, 2.45) is 0 Å². The Kier molecular flexibility index (Phi) is 6.29. The lowest BCUT2D eigenvalue weighted by molar-refractivity contribution is -0.415. The molecule has 11 nitrogen and oxygen atoms in total. The van der Waals surface area contributed by atoms with Gasteiger partial charge in [-0.2, -0.15) is 0 Å². The van der Waals surface area contributed by atoms with Crippen LogP contribution in [0.1, 0.15) is 6.92 Å². The number of H-pyrrole nitrogens is 1. The summed E-state index contributed by atoms with van der Waals surface area (Å²) in [5.41, 5.74) is 2.55. The molecule has 2 aromatic carbocycles. The molecule has 4 N–H and O–H groups in total. The van der Waals surface area contributed by atoms with Crippen LogP contribution in [0.25, 0.3) is 22.4 Å². The minimum absolute atomic E-state index is 0.343. The maximum absolute atomic E-state index is 12.2. The zero-order valence-corrected chi connectivity index (χ0v) is 17.5. The number of ether oxygens (including phenoxy) is 4. The van der Waals surface area contributed by atoms with E-state index < -0.39 is 49.4 Å². The maximum atomic E-state index is 12.2. The van der Waals surface area contributed by atoms with E-state index in [2.05, 4.69) is 9.97 Å². The van der Waals surface area contributed by atoms with Gasteiger partial charge in [0, 0.05) is 12.5 Å². The number of aromatic amines is 1. The third kappa shape index (κ3) is 4.96. The highest BCUT2D eigenvalue weighted by Crippen LogP contribution is 2.28. The van der Waals surface area contributed by atoms with E-state index in [0.29, 0.717) is 11.6 Å². The third-order valence-corrected chi connectivity index (χ3v) is 4.95.